The lowest BCUT2D eigenvalue weighted by atomic mass is 9.90. The van der Waals surface area contributed by atoms with Gasteiger partial charge in [0.2, 0.25) is 0 Å². The highest BCUT2D eigenvalue weighted by Crippen LogP contribution is 2.29. The number of allylic oxidation sites excluding steroid dienone is 11. The van der Waals surface area contributed by atoms with Crippen molar-refractivity contribution in [3.63, 3.8) is 0 Å². The van der Waals surface area contributed by atoms with Crippen molar-refractivity contribution >= 4 is 11.8 Å². The summed E-state index contributed by atoms with van der Waals surface area (Å²) in [5.74, 6) is 0.403. The second kappa shape index (κ2) is 21.0. The summed E-state index contributed by atoms with van der Waals surface area (Å²) in [6, 6.07) is 0.0788. The van der Waals surface area contributed by atoms with Crippen LogP contribution >= 0.6 is 0 Å². The first kappa shape index (κ1) is 43.0. The molecule has 1 unspecified atom stereocenters. The molecule has 0 aromatic carbocycles. The zero-order valence-electron chi connectivity index (χ0n) is 30.9. The van der Waals surface area contributed by atoms with Gasteiger partial charge in [0.05, 0.1) is 5.57 Å². The Bertz CT molecular complexity index is 1160. The molecule has 262 valence electrons. The molecule has 0 spiro atoms. The molecule has 1 amide bonds. The number of aliphatic imine (C=N–C) groups is 1. The number of hydrogen-bond acceptors (Lipinski definition) is 4. The van der Waals surface area contributed by atoms with Crippen LogP contribution in [0.4, 0.5) is 18.0 Å². The van der Waals surface area contributed by atoms with Crippen LogP contribution in [0.15, 0.2) is 75.6 Å². The average Bonchev–Trinajstić information content (AvgIpc) is 2.93. The van der Waals surface area contributed by atoms with Gasteiger partial charge in [-0.25, -0.2) is 4.79 Å². The Morgan fingerprint density at radius 2 is 1.63 bits per heavy atom. The summed E-state index contributed by atoms with van der Waals surface area (Å²) in [5.41, 5.74) is 4.47. The molecule has 0 N–H and O–H groups in total. The molecule has 0 saturated carbocycles. The van der Waals surface area contributed by atoms with Crippen LogP contribution in [-0.2, 0) is 4.74 Å². The molecule has 1 fully saturated rings. The standard InChI is InChI=1S/C25H43N3O2.C13H19F3/c1-11-13-14-26-20(6)23(22(12-2)18(3)4)21(7)27-15-16-28(19(5)17-27)24(29)30-25(8,9)10;1-4-6-7-9-12(13(14,15)16)10-11(3)8-5-2/h12-14,18-19H,11,15-17H2,1-10H3;6-7,9-10H,4-5,8H2,1-3H3/b14-13+,22-12-,23-21-,26-20+;7-6+,11-10+,12-9+. The molecule has 1 rings (SSSR count). The number of rotatable bonds is 11. The molecular weight excluding hydrogens is 587 g/mol. The van der Waals surface area contributed by atoms with Crippen molar-refractivity contribution in [1.82, 2.24) is 9.80 Å². The van der Waals surface area contributed by atoms with Crippen LogP contribution in [0.5, 0.6) is 0 Å². The normalized spacial score (nSPS) is 18.3. The molecular formula is C38H62F3N3O2. The van der Waals surface area contributed by atoms with Gasteiger partial charge in [-0.3, -0.25) is 4.99 Å². The van der Waals surface area contributed by atoms with Crippen LogP contribution in [0.1, 0.15) is 116 Å². The number of halogens is 3. The minimum Gasteiger partial charge on any atom is -0.444 e. The van der Waals surface area contributed by atoms with Gasteiger partial charge >= 0.3 is 12.3 Å². The third-order valence-corrected chi connectivity index (χ3v) is 7.31. The molecule has 0 radical (unpaired) electrons. The monoisotopic (exact) mass is 649 g/mol. The highest BCUT2D eigenvalue weighted by atomic mass is 19.4. The predicted molar refractivity (Wildman–Crippen MR) is 190 cm³/mol. The van der Waals surface area contributed by atoms with Gasteiger partial charge in [-0.15, -0.1) is 0 Å². The maximum Gasteiger partial charge on any atom is 0.416 e. The van der Waals surface area contributed by atoms with Gasteiger partial charge in [-0.1, -0.05) is 83.1 Å². The number of alkyl halides is 3. The predicted octanol–water partition coefficient (Wildman–Crippen LogP) is 11.4. The molecule has 0 aromatic heterocycles. The largest absolute Gasteiger partial charge is 0.444 e. The highest BCUT2D eigenvalue weighted by Gasteiger charge is 2.33. The zero-order chi connectivity index (χ0) is 35.7. The molecule has 1 heterocycles. The molecule has 5 nitrogen and oxygen atoms in total. The number of nitrogens with zero attached hydrogens (tertiary/aromatic N) is 3. The van der Waals surface area contributed by atoms with Crippen LogP contribution in [-0.4, -0.2) is 59.1 Å². The van der Waals surface area contributed by atoms with Crippen LogP contribution < -0.4 is 0 Å². The molecule has 0 bridgehead atoms. The van der Waals surface area contributed by atoms with Gasteiger partial charge in [0.25, 0.3) is 0 Å². The summed E-state index contributed by atoms with van der Waals surface area (Å²) in [7, 11) is 0. The van der Waals surface area contributed by atoms with E-state index in [1.165, 1.54) is 29.0 Å². The van der Waals surface area contributed by atoms with Gasteiger partial charge in [-0.05, 0) is 86.1 Å². The molecule has 1 atom stereocenters. The topological polar surface area (TPSA) is 45.1 Å². The van der Waals surface area contributed by atoms with Crippen molar-refractivity contribution < 1.29 is 22.7 Å². The van der Waals surface area contributed by atoms with E-state index in [-0.39, 0.29) is 12.1 Å². The Morgan fingerprint density at radius 1 is 1.02 bits per heavy atom. The van der Waals surface area contributed by atoms with E-state index in [2.05, 4.69) is 65.5 Å². The summed E-state index contributed by atoms with van der Waals surface area (Å²) in [5, 5.41) is 0. The summed E-state index contributed by atoms with van der Waals surface area (Å²) in [6.07, 6.45) is 10.5. The van der Waals surface area contributed by atoms with Crippen molar-refractivity contribution in [2.24, 2.45) is 10.9 Å². The van der Waals surface area contributed by atoms with Gasteiger partial charge in [0, 0.05) is 48.9 Å². The zero-order valence-corrected chi connectivity index (χ0v) is 30.9. The Morgan fingerprint density at radius 3 is 2.09 bits per heavy atom. The van der Waals surface area contributed by atoms with Crippen molar-refractivity contribution in [3.8, 4) is 0 Å². The van der Waals surface area contributed by atoms with E-state index in [1.54, 1.807) is 13.0 Å². The minimum absolute atomic E-state index is 0.0788. The lowest BCUT2D eigenvalue weighted by Crippen LogP contribution is -2.54. The Hall–Kier alpha value is -3.03. The smallest absolute Gasteiger partial charge is 0.416 e. The second-order valence-corrected chi connectivity index (χ2v) is 13.0. The summed E-state index contributed by atoms with van der Waals surface area (Å²) in [6.45, 7) is 28.5. The molecule has 1 aliphatic heterocycles. The lowest BCUT2D eigenvalue weighted by molar-refractivity contribution is -0.0882. The fraction of sp³-hybridized carbons (Fsp3) is 0.632. The molecule has 1 aliphatic rings. The first-order valence-corrected chi connectivity index (χ1v) is 16.8. The van der Waals surface area contributed by atoms with Gasteiger partial charge in [0.15, 0.2) is 0 Å². The first-order chi connectivity index (χ1) is 21.3. The van der Waals surface area contributed by atoms with E-state index in [0.717, 1.165) is 49.7 Å². The van der Waals surface area contributed by atoms with Gasteiger partial charge < -0.3 is 14.5 Å². The molecule has 1 saturated heterocycles. The van der Waals surface area contributed by atoms with E-state index >= 15 is 0 Å². The molecule has 8 heteroatoms. The van der Waals surface area contributed by atoms with E-state index < -0.39 is 17.4 Å². The molecule has 46 heavy (non-hydrogen) atoms. The lowest BCUT2D eigenvalue weighted by Gasteiger charge is -2.42. The van der Waals surface area contributed by atoms with E-state index in [1.807, 2.05) is 45.7 Å². The van der Waals surface area contributed by atoms with Crippen molar-refractivity contribution in [2.75, 3.05) is 19.6 Å². The maximum atomic E-state index is 12.6. The van der Waals surface area contributed by atoms with Gasteiger partial charge in [0.1, 0.15) is 5.60 Å². The third kappa shape index (κ3) is 16.0. The van der Waals surface area contributed by atoms with Gasteiger partial charge in [-0.2, -0.15) is 13.2 Å². The number of amides is 1. The number of carbonyl (C=O) groups is 1. The van der Waals surface area contributed by atoms with Crippen LogP contribution in [0.2, 0.25) is 0 Å². The Labute approximate surface area is 278 Å². The number of hydrogen-bond donors (Lipinski definition) is 0. The Kier molecular flexibility index (Phi) is 19.6. The second-order valence-electron chi connectivity index (χ2n) is 13.0. The quantitative estimate of drug-likeness (QED) is 0.165. The number of piperazine rings is 1. The maximum absolute atomic E-state index is 12.6. The SMILES string of the molecule is CC/C=C/C=C(\C=C(/C)CCC)C(F)(F)F.C\C=C(C(/C(C)=N/C=C/CC)=C(/C)N1CCN(C(=O)OC(C)(C)C)C(C)C1)\C(C)C. The molecule has 0 aromatic rings. The summed E-state index contributed by atoms with van der Waals surface area (Å²) < 4.78 is 43.4. The van der Waals surface area contributed by atoms with Crippen molar-refractivity contribution in [1.29, 1.82) is 0 Å². The number of carbonyl (C=O) groups excluding carboxylic acids is 1. The molecule has 0 aliphatic carbocycles. The number of ether oxygens (including phenoxy) is 1. The van der Waals surface area contributed by atoms with E-state index in [0.29, 0.717) is 18.9 Å². The average molecular weight is 650 g/mol. The van der Waals surface area contributed by atoms with Crippen LogP contribution in [0.3, 0.4) is 0 Å². The van der Waals surface area contributed by atoms with Crippen LogP contribution in [0.25, 0.3) is 0 Å². The van der Waals surface area contributed by atoms with Crippen molar-refractivity contribution in [3.05, 3.63) is 70.6 Å². The van der Waals surface area contributed by atoms with Crippen molar-refractivity contribution in [2.45, 2.75) is 134 Å². The summed E-state index contributed by atoms with van der Waals surface area (Å²) >= 11 is 0. The van der Waals surface area contributed by atoms with E-state index in [4.69, 9.17) is 9.73 Å². The fourth-order valence-electron chi connectivity index (χ4n) is 5.06. The Balaban J connectivity index is 0.00000107. The third-order valence-electron chi connectivity index (χ3n) is 7.31. The van der Waals surface area contributed by atoms with Crippen LogP contribution in [0, 0.1) is 5.92 Å². The first-order valence-electron chi connectivity index (χ1n) is 16.8. The van der Waals surface area contributed by atoms with E-state index in [9.17, 15) is 18.0 Å². The summed E-state index contributed by atoms with van der Waals surface area (Å²) in [4.78, 5) is 21.5. The fourth-order valence-corrected chi connectivity index (χ4v) is 5.06. The minimum atomic E-state index is -4.27. The highest BCUT2D eigenvalue weighted by molar-refractivity contribution is 6.03.